The number of carboxylic acid groups (broad SMARTS) is 1. The number of unbranched alkanes of at least 4 members (excludes halogenated alkanes) is 22. The fraction of sp³-hybridized carbons (Fsp3) is 0.687. The van der Waals surface area contributed by atoms with Gasteiger partial charge in [0.1, 0.15) is 13.2 Å². The number of ether oxygens (including phenoxy) is 4. The maximum absolute atomic E-state index is 12.9. The number of likely N-dealkylation sites (N-methyl/N-ethyl adjacent to an activating group) is 1. The number of allylic oxidation sites excluding steroid dienone is 18. The summed E-state index contributed by atoms with van der Waals surface area (Å²) < 4.78 is 22.8. The molecule has 0 fully saturated rings. The first-order chi connectivity index (χ1) is 37.1. The van der Waals surface area contributed by atoms with E-state index in [-0.39, 0.29) is 32.2 Å². The summed E-state index contributed by atoms with van der Waals surface area (Å²) in [4.78, 5) is 37.3. The van der Waals surface area contributed by atoms with Crippen LogP contribution >= 0.6 is 0 Å². The van der Waals surface area contributed by atoms with E-state index >= 15 is 0 Å². The fourth-order valence-electron chi connectivity index (χ4n) is 8.12. The Morgan fingerprint density at radius 2 is 0.750 bits per heavy atom. The zero-order chi connectivity index (χ0) is 55.5. The topological polar surface area (TPSA) is 108 Å². The van der Waals surface area contributed by atoms with Gasteiger partial charge in [-0.2, -0.15) is 0 Å². The van der Waals surface area contributed by atoms with Gasteiger partial charge in [-0.15, -0.1) is 0 Å². The summed E-state index contributed by atoms with van der Waals surface area (Å²) in [6, 6.07) is 0. The fourth-order valence-corrected chi connectivity index (χ4v) is 8.12. The molecule has 0 amide bonds. The van der Waals surface area contributed by atoms with Crippen LogP contribution in [0.4, 0.5) is 0 Å². The molecule has 0 aliphatic carbocycles. The zero-order valence-corrected chi connectivity index (χ0v) is 49.4. The minimum atomic E-state index is -1.51. The van der Waals surface area contributed by atoms with Crippen LogP contribution < -0.4 is 0 Å². The molecule has 2 atom stereocenters. The number of esters is 2. The van der Waals surface area contributed by atoms with Gasteiger partial charge in [-0.1, -0.05) is 252 Å². The van der Waals surface area contributed by atoms with E-state index in [1.807, 2.05) is 21.1 Å². The van der Waals surface area contributed by atoms with Gasteiger partial charge in [-0.3, -0.25) is 9.59 Å². The van der Waals surface area contributed by atoms with Crippen LogP contribution in [0.15, 0.2) is 109 Å². The first-order valence-electron chi connectivity index (χ1n) is 30.6. The van der Waals surface area contributed by atoms with Crippen LogP contribution in [0, 0.1) is 0 Å². The maximum atomic E-state index is 12.9. The molecule has 0 aromatic carbocycles. The smallest absolute Gasteiger partial charge is 0.361 e. The summed E-state index contributed by atoms with van der Waals surface area (Å²) in [6.45, 7) is 4.75. The summed E-state index contributed by atoms with van der Waals surface area (Å²) in [5.41, 5.74) is 0. The second kappa shape index (κ2) is 57.1. The standard InChI is InChI=1S/C67H113NO8/c1-6-8-10-12-14-16-18-20-21-22-23-24-25-26-27-28-29-30-31-32-33-34-35-36-37-38-39-40-41-42-43-44-45-46-48-50-52-54-56-58-65(70)76-63(62-75-67(66(71)72)73-60-59-68(3,4)5)61-74-64(69)57-55-53-51-49-47-19-17-15-13-11-9-7-2/h8,10,14,16,20-21,23-24,26-27,29-30,32-33,35-36,38-39,63,67H,6-7,9,11-13,15,17-19,22,25,28,31,34,37,40-62H2,1-5H3/p+1/b10-8-,16-14-,21-20-,24-23-,27-26-,30-29-,33-32-,36-35-,39-38-. The number of carboxylic acids is 1. The molecule has 0 heterocycles. The molecule has 0 aromatic heterocycles. The molecule has 434 valence electrons. The van der Waals surface area contributed by atoms with Gasteiger partial charge in [0.15, 0.2) is 6.10 Å². The molecule has 76 heavy (non-hydrogen) atoms. The number of carbonyl (C=O) groups excluding carboxylic acids is 2. The van der Waals surface area contributed by atoms with Crippen molar-refractivity contribution < 1.29 is 42.9 Å². The molecule has 0 bridgehead atoms. The van der Waals surface area contributed by atoms with Crippen molar-refractivity contribution in [3.63, 3.8) is 0 Å². The SMILES string of the molecule is CC/C=C\C/C=C\C/C=C\C/C=C\C/C=C\C/C=C\C/C=C\C/C=C\C/C=C\CCCCCCCCCCCCCC(=O)OC(COC(=O)CCCCCCCCCCCCCC)COC(OCC[N+](C)(C)C)C(=O)O. The molecule has 9 nitrogen and oxygen atoms in total. The van der Waals surface area contributed by atoms with Gasteiger partial charge in [0, 0.05) is 12.8 Å². The van der Waals surface area contributed by atoms with E-state index in [0.29, 0.717) is 23.9 Å². The van der Waals surface area contributed by atoms with Crippen molar-refractivity contribution in [3.05, 3.63) is 109 Å². The van der Waals surface area contributed by atoms with Gasteiger partial charge in [0.25, 0.3) is 6.29 Å². The second-order valence-corrected chi connectivity index (χ2v) is 21.3. The Balaban J connectivity index is 4.10. The van der Waals surface area contributed by atoms with Crippen LogP contribution in [-0.2, 0) is 33.3 Å². The molecule has 0 rings (SSSR count). The molecule has 0 spiro atoms. The third kappa shape index (κ3) is 57.7. The van der Waals surface area contributed by atoms with Crippen molar-refractivity contribution >= 4 is 17.9 Å². The van der Waals surface area contributed by atoms with Gasteiger partial charge in [0.2, 0.25) is 0 Å². The number of hydrogen-bond donors (Lipinski definition) is 1. The molecule has 9 heteroatoms. The molecule has 0 radical (unpaired) electrons. The molecule has 0 aliphatic rings. The predicted octanol–water partition coefficient (Wildman–Crippen LogP) is 18.3. The Bertz CT molecular complexity index is 1610. The first-order valence-corrected chi connectivity index (χ1v) is 30.6. The minimum absolute atomic E-state index is 0.184. The third-order valence-electron chi connectivity index (χ3n) is 12.8. The average molecular weight is 1060 g/mol. The van der Waals surface area contributed by atoms with Crippen LogP contribution in [-0.4, -0.2) is 87.4 Å². The number of rotatable bonds is 55. The molecule has 0 saturated carbocycles. The lowest BCUT2D eigenvalue weighted by Crippen LogP contribution is -2.40. The highest BCUT2D eigenvalue weighted by atomic mass is 16.7. The molecule has 0 saturated heterocycles. The van der Waals surface area contributed by atoms with E-state index in [9.17, 15) is 19.5 Å². The van der Waals surface area contributed by atoms with Gasteiger partial charge >= 0.3 is 17.9 Å². The predicted molar refractivity (Wildman–Crippen MR) is 322 cm³/mol. The summed E-state index contributed by atoms with van der Waals surface area (Å²) in [5, 5.41) is 9.69. The van der Waals surface area contributed by atoms with Crippen molar-refractivity contribution in [1.29, 1.82) is 0 Å². The van der Waals surface area contributed by atoms with E-state index in [4.69, 9.17) is 18.9 Å². The molecule has 0 aliphatic heterocycles. The van der Waals surface area contributed by atoms with Crippen LogP contribution in [0.3, 0.4) is 0 Å². The van der Waals surface area contributed by atoms with Crippen LogP contribution in [0.25, 0.3) is 0 Å². The number of carbonyl (C=O) groups is 3. The summed E-state index contributed by atoms with van der Waals surface area (Å²) in [7, 11) is 5.96. The lowest BCUT2D eigenvalue weighted by Gasteiger charge is -2.25. The highest BCUT2D eigenvalue weighted by Crippen LogP contribution is 2.16. The summed E-state index contributed by atoms with van der Waals surface area (Å²) >= 11 is 0. The van der Waals surface area contributed by atoms with Gasteiger partial charge in [-0.05, 0) is 83.5 Å². The van der Waals surface area contributed by atoms with Crippen LogP contribution in [0.1, 0.15) is 239 Å². The molecular weight excluding hydrogens is 947 g/mol. The van der Waals surface area contributed by atoms with Gasteiger partial charge < -0.3 is 28.5 Å². The highest BCUT2D eigenvalue weighted by molar-refractivity contribution is 5.71. The normalized spacial score (nSPS) is 13.5. The van der Waals surface area contributed by atoms with Crippen molar-refractivity contribution in [2.75, 3.05) is 47.5 Å². The molecular formula is C67H114NO8+. The quantitative estimate of drug-likeness (QED) is 0.0211. The Morgan fingerprint density at radius 3 is 1.12 bits per heavy atom. The van der Waals surface area contributed by atoms with Crippen molar-refractivity contribution in [2.45, 2.75) is 251 Å². The van der Waals surface area contributed by atoms with Crippen molar-refractivity contribution in [1.82, 2.24) is 0 Å². The maximum Gasteiger partial charge on any atom is 0.361 e. The monoisotopic (exact) mass is 1060 g/mol. The Hall–Kier alpha value is -4.05. The third-order valence-corrected chi connectivity index (χ3v) is 12.8. The zero-order valence-electron chi connectivity index (χ0n) is 49.4. The minimum Gasteiger partial charge on any atom is -0.477 e. The van der Waals surface area contributed by atoms with Crippen molar-refractivity contribution in [3.8, 4) is 0 Å². The van der Waals surface area contributed by atoms with Crippen LogP contribution in [0.5, 0.6) is 0 Å². The van der Waals surface area contributed by atoms with Crippen LogP contribution in [0.2, 0.25) is 0 Å². The van der Waals surface area contributed by atoms with E-state index in [0.717, 1.165) is 103 Å². The van der Waals surface area contributed by atoms with Gasteiger partial charge in [-0.25, -0.2) is 4.79 Å². The number of quaternary nitrogens is 1. The van der Waals surface area contributed by atoms with Crippen molar-refractivity contribution in [2.24, 2.45) is 0 Å². The highest BCUT2D eigenvalue weighted by Gasteiger charge is 2.25. The van der Waals surface area contributed by atoms with E-state index in [1.165, 1.54) is 103 Å². The van der Waals surface area contributed by atoms with E-state index in [2.05, 4.69) is 123 Å². The largest absolute Gasteiger partial charge is 0.477 e. The molecule has 2 unspecified atom stereocenters. The second-order valence-electron chi connectivity index (χ2n) is 21.3. The summed E-state index contributed by atoms with van der Waals surface area (Å²) in [5.74, 6) is -2.01. The summed E-state index contributed by atoms with van der Waals surface area (Å²) in [6.07, 6.45) is 76.1. The van der Waals surface area contributed by atoms with Gasteiger partial charge in [0.05, 0.1) is 34.4 Å². The molecule has 0 aromatic rings. The number of aliphatic carboxylic acids is 1. The van der Waals surface area contributed by atoms with E-state index < -0.39 is 24.3 Å². The Labute approximate surface area is 466 Å². The molecule has 1 N–H and O–H groups in total. The number of hydrogen-bond acceptors (Lipinski definition) is 7. The Morgan fingerprint density at radius 1 is 0.408 bits per heavy atom. The lowest BCUT2D eigenvalue weighted by molar-refractivity contribution is -0.870. The Kier molecular flexibility index (Phi) is 54.1. The first kappa shape index (κ1) is 72.0. The lowest BCUT2D eigenvalue weighted by atomic mass is 10.0. The number of nitrogens with zero attached hydrogens (tertiary/aromatic N) is 1. The van der Waals surface area contributed by atoms with E-state index in [1.54, 1.807) is 0 Å². The average Bonchev–Trinajstić information content (AvgIpc) is 3.39.